The molecule has 0 bridgehead atoms. The van der Waals surface area contributed by atoms with Gasteiger partial charge in [-0.25, -0.2) is 0 Å². The fourth-order valence-electron chi connectivity index (χ4n) is 1.30. The third kappa shape index (κ3) is 2.99. The maximum absolute atomic E-state index is 8.82. The molecule has 0 aliphatic heterocycles. The second kappa shape index (κ2) is 5.22. The highest BCUT2D eigenvalue weighted by Crippen LogP contribution is 2.18. The molecule has 72 valence electrons. The average Bonchev–Trinajstić information content (AvgIpc) is 2.16. The van der Waals surface area contributed by atoms with Crippen LogP contribution in [0.2, 0.25) is 5.02 Å². The van der Waals surface area contributed by atoms with Gasteiger partial charge in [-0.15, -0.1) is 0 Å². The Kier molecular flexibility index (Phi) is 4.22. The van der Waals surface area contributed by atoms with Crippen molar-refractivity contribution in [1.29, 1.82) is 0 Å². The molecule has 0 saturated heterocycles. The molecule has 1 rings (SSSR count). The first kappa shape index (κ1) is 10.5. The number of nitrogens with one attached hydrogen (secondary N) is 1. The molecule has 0 aliphatic rings. The van der Waals surface area contributed by atoms with Crippen LogP contribution < -0.4 is 5.32 Å². The van der Waals surface area contributed by atoms with Gasteiger partial charge in [0.2, 0.25) is 0 Å². The van der Waals surface area contributed by atoms with Gasteiger partial charge in [0.05, 0.1) is 0 Å². The van der Waals surface area contributed by atoms with Crippen molar-refractivity contribution in [2.75, 3.05) is 13.7 Å². The number of halogens is 1. The highest BCUT2D eigenvalue weighted by molar-refractivity contribution is 6.30. The van der Waals surface area contributed by atoms with Crippen molar-refractivity contribution in [3.8, 4) is 0 Å². The maximum Gasteiger partial charge on any atom is 0.0449 e. The summed E-state index contributed by atoms with van der Waals surface area (Å²) in [6, 6.07) is 7.87. The predicted octanol–water partition coefficient (Wildman–Crippen LogP) is 1.98. The van der Waals surface area contributed by atoms with E-state index in [-0.39, 0.29) is 12.6 Å². The average molecular weight is 200 g/mol. The van der Waals surface area contributed by atoms with Crippen molar-refractivity contribution in [2.45, 2.75) is 12.5 Å². The van der Waals surface area contributed by atoms with Crippen LogP contribution in [0, 0.1) is 0 Å². The molecule has 2 nitrogen and oxygen atoms in total. The van der Waals surface area contributed by atoms with Crippen LogP contribution in [-0.2, 0) is 0 Å². The molecule has 1 aromatic carbocycles. The number of rotatable bonds is 4. The van der Waals surface area contributed by atoms with Crippen LogP contribution in [0.25, 0.3) is 0 Å². The van der Waals surface area contributed by atoms with Gasteiger partial charge in [-0.2, -0.15) is 0 Å². The molecule has 13 heavy (non-hydrogen) atoms. The van der Waals surface area contributed by atoms with Crippen LogP contribution >= 0.6 is 11.6 Å². The molecule has 0 aliphatic carbocycles. The number of aliphatic hydroxyl groups is 1. The van der Waals surface area contributed by atoms with Crippen molar-refractivity contribution < 1.29 is 5.11 Å². The summed E-state index contributed by atoms with van der Waals surface area (Å²) in [6.07, 6.45) is 0.720. The van der Waals surface area contributed by atoms with E-state index >= 15 is 0 Å². The lowest BCUT2D eigenvalue weighted by Crippen LogP contribution is -2.17. The van der Waals surface area contributed by atoms with Crippen LogP contribution in [0.5, 0.6) is 0 Å². The summed E-state index contributed by atoms with van der Waals surface area (Å²) in [5, 5.41) is 12.7. The summed E-state index contributed by atoms with van der Waals surface area (Å²) >= 11 is 5.77. The van der Waals surface area contributed by atoms with E-state index in [0.29, 0.717) is 0 Å². The minimum atomic E-state index is 0.189. The van der Waals surface area contributed by atoms with Crippen LogP contribution in [0.1, 0.15) is 18.0 Å². The minimum Gasteiger partial charge on any atom is -0.396 e. The number of aliphatic hydroxyl groups excluding tert-OH is 1. The molecule has 0 heterocycles. The number of benzene rings is 1. The molecule has 0 fully saturated rings. The summed E-state index contributed by atoms with van der Waals surface area (Å²) in [4.78, 5) is 0. The van der Waals surface area contributed by atoms with Gasteiger partial charge in [-0.3, -0.25) is 0 Å². The Morgan fingerprint density at radius 2 is 2.00 bits per heavy atom. The fourth-order valence-corrected chi connectivity index (χ4v) is 1.43. The Hall–Kier alpha value is -0.570. The van der Waals surface area contributed by atoms with E-state index in [0.717, 1.165) is 17.0 Å². The van der Waals surface area contributed by atoms with E-state index in [1.54, 1.807) is 0 Å². The van der Waals surface area contributed by atoms with Crippen LogP contribution in [0.3, 0.4) is 0 Å². The third-order valence-electron chi connectivity index (χ3n) is 2.04. The van der Waals surface area contributed by atoms with Gasteiger partial charge in [0.25, 0.3) is 0 Å². The highest BCUT2D eigenvalue weighted by atomic mass is 35.5. The first-order chi connectivity index (χ1) is 6.27. The third-order valence-corrected chi connectivity index (χ3v) is 2.29. The largest absolute Gasteiger partial charge is 0.396 e. The summed E-state index contributed by atoms with van der Waals surface area (Å²) in [7, 11) is 1.88. The first-order valence-corrected chi connectivity index (χ1v) is 4.69. The van der Waals surface area contributed by atoms with E-state index < -0.39 is 0 Å². The van der Waals surface area contributed by atoms with Crippen molar-refractivity contribution in [2.24, 2.45) is 0 Å². The lowest BCUT2D eigenvalue weighted by atomic mass is 10.0. The van der Waals surface area contributed by atoms with E-state index in [2.05, 4.69) is 5.32 Å². The molecule has 0 saturated carbocycles. The van der Waals surface area contributed by atoms with Gasteiger partial charge >= 0.3 is 0 Å². The summed E-state index contributed by atoms with van der Waals surface area (Å²) in [5.74, 6) is 0. The monoisotopic (exact) mass is 199 g/mol. The van der Waals surface area contributed by atoms with Gasteiger partial charge in [0, 0.05) is 17.7 Å². The lowest BCUT2D eigenvalue weighted by Gasteiger charge is -2.14. The smallest absolute Gasteiger partial charge is 0.0449 e. The van der Waals surface area contributed by atoms with Crippen molar-refractivity contribution in [1.82, 2.24) is 5.32 Å². The second-order valence-electron chi connectivity index (χ2n) is 2.91. The molecular formula is C10H14ClNO. The number of hydrogen-bond donors (Lipinski definition) is 2. The molecule has 1 unspecified atom stereocenters. The van der Waals surface area contributed by atoms with Crippen molar-refractivity contribution in [3.63, 3.8) is 0 Å². The molecule has 0 aromatic heterocycles. The van der Waals surface area contributed by atoms with Gasteiger partial charge in [-0.05, 0) is 31.2 Å². The molecule has 0 radical (unpaired) electrons. The maximum atomic E-state index is 8.82. The fraction of sp³-hybridized carbons (Fsp3) is 0.400. The van der Waals surface area contributed by atoms with E-state index in [4.69, 9.17) is 16.7 Å². The van der Waals surface area contributed by atoms with E-state index in [9.17, 15) is 0 Å². The Morgan fingerprint density at radius 1 is 1.38 bits per heavy atom. The first-order valence-electron chi connectivity index (χ1n) is 4.31. The van der Waals surface area contributed by atoms with Gasteiger partial charge < -0.3 is 10.4 Å². The topological polar surface area (TPSA) is 32.3 Å². The standard InChI is InChI=1S/C10H14ClNO/c1-12-10(6-7-13)8-2-4-9(11)5-3-8/h2-5,10,12-13H,6-7H2,1H3. The molecular weight excluding hydrogens is 186 g/mol. The van der Waals surface area contributed by atoms with Crippen LogP contribution in [0.4, 0.5) is 0 Å². The molecule has 0 amide bonds. The second-order valence-corrected chi connectivity index (χ2v) is 3.34. The van der Waals surface area contributed by atoms with Crippen LogP contribution in [0.15, 0.2) is 24.3 Å². The van der Waals surface area contributed by atoms with Crippen molar-refractivity contribution >= 4 is 11.6 Å². The summed E-state index contributed by atoms with van der Waals surface area (Å²) in [5.41, 5.74) is 1.15. The van der Waals surface area contributed by atoms with Crippen LogP contribution in [-0.4, -0.2) is 18.8 Å². The quantitative estimate of drug-likeness (QED) is 0.778. The van der Waals surface area contributed by atoms with E-state index in [1.807, 2.05) is 31.3 Å². The zero-order chi connectivity index (χ0) is 9.68. The normalized spacial score (nSPS) is 12.8. The molecule has 2 N–H and O–H groups in total. The minimum absolute atomic E-state index is 0.189. The Labute approximate surface area is 83.5 Å². The SMILES string of the molecule is CNC(CCO)c1ccc(Cl)cc1. The molecule has 3 heteroatoms. The zero-order valence-electron chi connectivity index (χ0n) is 7.63. The van der Waals surface area contributed by atoms with Gasteiger partial charge in [0.15, 0.2) is 0 Å². The van der Waals surface area contributed by atoms with Gasteiger partial charge in [-0.1, -0.05) is 23.7 Å². The summed E-state index contributed by atoms with van der Waals surface area (Å²) < 4.78 is 0. The Balaban J connectivity index is 2.73. The highest BCUT2D eigenvalue weighted by Gasteiger charge is 2.07. The molecule has 0 spiro atoms. The summed E-state index contributed by atoms with van der Waals surface area (Å²) in [6.45, 7) is 0.189. The number of hydrogen-bond acceptors (Lipinski definition) is 2. The Bertz CT molecular complexity index is 248. The van der Waals surface area contributed by atoms with Gasteiger partial charge in [0.1, 0.15) is 0 Å². The lowest BCUT2D eigenvalue weighted by molar-refractivity contribution is 0.269. The molecule has 1 atom stereocenters. The van der Waals surface area contributed by atoms with Crippen molar-refractivity contribution in [3.05, 3.63) is 34.9 Å². The molecule has 1 aromatic rings. The zero-order valence-corrected chi connectivity index (χ0v) is 8.38. The predicted molar refractivity (Wildman–Crippen MR) is 55.0 cm³/mol. The van der Waals surface area contributed by atoms with E-state index in [1.165, 1.54) is 0 Å². The Morgan fingerprint density at radius 3 is 2.46 bits per heavy atom.